The Morgan fingerprint density at radius 1 is 0.789 bits per heavy atom. The molecule has 0 amide bonds. The summed E-state index contributed by atoms with van der Waals surface area (Å²) in [7, 11) is 0. The van der Waals surface area contributed by atoms with Crippen LogP contribution >= 0.6 is 0 Å². The summed E-state index contributed by atoms with van der Waals surface area (Å²) >= 11 is 0. The second kappa shape index (κ2) is 5.69. The van der Waals surface area contributed by atoms with Crippen LogP contribution in [0.25, 0.3) is 0 Å². The minimum atomic E-state index is 0.644. The molecule has 0 fully saturated rings. The van der Waals surface area contributed by atoms with Crippen LogP contribution in [-0.2, 0) is 12.8 Å². The standard InChI is InChI=1S/C19H30/c1-12(2)15-7-8-16-10-18(13(3)4)19(14(5)6)11-17(16)9-15/h7-9,12-14,18-19H,10-11H2,1-6H3. The summed E-state index contributed by atoms with van der Waals surface area (Å²) in [5, 5.41) is 0. The molecule has 0 heteroatoms. The normalized spacial score (nSPS) is 23.2. The zero-order valence-corrected chi connectivity index (χ0v) is 13.5. The Hall–Kier alpha value is -0.780. The van der Waals surface area contributed by atoms with Crippen LogP contribution in [0, 0.1) is 23.7 Å². The molecule has 0 aliphatic heterocycles. The van der Waals surface area contributed by atoms with E-state index in [4.69, 9.17) is 0 Å². The van der Waals surface area contributed by atoms with Crippen LogP contribution in [0.15, 0.2) is 18.2 Å². The lowest BCUT2D eigenvalue weighted by molar-refractivity contribution is 0.181. The molecule has 1 aromatic carbocycles. The molecule has 2 rings (SSSR count). The first-order valence-electron chi connectivity index (χ1n) is 8.01. The Labute approximate surface area is 119 Å². The topological polar surface area (TPSA) is 0 Å². The predicted molar refractivity (Wildman–Crippen MR) is 84.6 cm³/mol. The monoisotopic (exact) mass is 258 g/mol. The van der Waals surface area contributed by atoms with E-state index < -0.39 is 0 Å². The summed E-state index contributed by atoms with van der Waals surface area (Å²) in [6.45, 7) is 14.2. The van der Waals surface area contributed by atoms with E-state index in [-0.39, 0.29) is 0 Å². The molecule has 0 spiro atoms. The van der Waals surface area contributed by atoms with Gasteiger partial charge in [0.2, 0.25) is 0 Å². The fourth-order valence-electron chi connectivity index (χ4n) is 3.66. The van der Waals surface area contributed by atoms with Crippen molar-refractivity contribution in [2.45, 2.75) is 60.3 Å². The van der Waals surface area contributed by atoms with E-state index in [0.29, 0.717) is 5.92 Å². The van der Waals surface area contributed by atoms with Gasteiger partial charge in [-0.2, -0.15) is 0 Å². The number of rotatable bonds is 3. The van der Waals surface area contributed by atoms with Gasteiger partial charge in [0.05, 0.1) is 0 Å². The fourth-order valence-corrected chi connectivity index (χ4v) is 3.66. The van der Waals surface area contributed by atoms with Crippen LogP contribution in [0.1, 0.15) is 64.2 Å². The first-order chi connectivity index (χ1) is 8.90. The first kappa shape index (κ1) is 14.6. The summed E-state index contributed by atoms with van der Waals surface area (Å²) in [6, 6.07) is 7.22. The van der Waals surface area contributed by atoms with Gasteiger partial charge in [-0.15, -0.1) is 0 Å². The third-order valence-corrected chi connectivity index (χ3v) is 5.07. The molecule has 2 atom stereocenters. The van der Waals surface area contributed by atoms with Gasteiger partial charge in [0, 0.05) is 0 Å². The molecule has 19 heavy (non-hydrogen) atoms. The van der Waals surface area contributed by atoms with Crippen molar-refractivity contribution >= 4 is 0 Å². The summed E-state index contributed by atoms with van der Waals surface area (Å²) in [5.41, 5.74) is 4.74. The largest absolute Gasteiger partial charge is 0.0625 e. The molecule has 0 heterocycles. The van der Waals surface area contributed by atoms with Gasteiger partial charge < -0.3 is 0 Å². The second-order valence-electron chi connectivity index (χ2n) is 7.41. The zero-order chi connectivity index (χ0) is 14.2. The molecular weight excluding hydrogens is 228 g/mol. The Morgan fingerprint density at radius 2 is 1.32 bits per heavy atom. The summed E-state index contributed by atoms with van der Waals surface area (Å²) in [5.74, 6) is 3.95. The molecule has 0 radical (unpaired) electrons. The van der Waals surface area contributed by atoms with E-state index in [1.807, 2.05) is 0 Å². The fraction of sp³-hybridized carbons (Fsp3) is 0.684. The van der Waals surface area contributed by atoms with Gasteiger partial charge in [-0.1, -0.05) is 59.7 Å². The lowest BCUT2D eigenvalue weighted by Gasteiger charge is -2.38. The van der Waals surface area contributed by atoms with Gasteiger partial charge in [0.25, 0.3) is 0 Å². The zero-order valence-electron chi connectivity index (χ0n) is 13.5. The van der Waals surface area contributed by atoms with Gasteiger partial charge in [-0.25, -0.2) is 0 Å². The molecule has 106 valence electrons. The molecule has 1 aliphatic carbocycles. The summed E-state index contributed by atoms with van der Waals surface area (Å²) in [4.78, 5) is 0. The van der Waals surface area contributed by atoms with Gasteiger partial charge in [-0.3, -0.25) is 0 Å². The van der Waals surface area contributed by atoms with Crippen molar-refractivity contribution < 1.29 is 0 Å². The van der Waals surface area contributed by atoms with Crippen molar-refractivity contribution in [3.63, 3.8) is 0 Å². The maximum Gasteiger partial charge on any atom is -0.0219 e. The van der Waals surface area contributed by atoms with Crippen molar-refractivity contribution in [2.24, 2.45) is 23.7 Å². The highest BCUT2D eigenvalue weighted by Gasteiger charge is 2.32. The summed E-state index contributed by atoms with van der Waals surface area (Å²) in [6.07, 6.45) is 2.57. The van der Waals surface area contributed by atoms with Crippen molar-refractivity contribution in [1.82, 2.24) is 0 Å². The van der Waals surface area contributed by atoms with Crippen LogP contribution in [0.5, 0.6) is 0 Å². The minimum absolute atomic E-state index is 0.644. The SMILES string of the molecule is CC(C)c1ccc2c(c1)CC(C(C)C)C(C(C)C)C2. The van der Waals surface area contributed by atoms with Crippen molar-refractivity contribution in [3.05, 3.63) is 34.9 Å². The Balaban J connectivity index is 2.33. The number of fused-ring (bicyclic) bond motifs is 1. The molecule has 0 saturated carbocycles. The maximum atomic E-state index is 2.48. The highest BCUT2D eigenvalue weighted by molar-refractivity contribution is 5.36. The third-order valence-electron chi connectivity index (χ3n) is 5.07. The molecule has 0 saturated heterocycles. The molecule has 0 N–H and O–H groups in total. The van der Waals surface area contributed by atoms with Crippen LogP contribution in [0.4, 0.5) is 0 Å². The smallest absolute Gasteiger partial charge is 0.0219 e. The number of hydrogen-bond acceptors (Lipinski definition) is 0. The molecular formula is C19H30. The van der Waals surface area contributed by atoms with Gasteiger partial charge >= 0.3 is 0 Å². The Bertz CT molecular complexity index is 426. The minimum Gasteiger partial charge on any atom is -0.0625 e. The van der Waals surface area contributed by atoms with E-state index in [1.165, 1.54) is 18.4 Å². The van der Waals surface area contributed by atoms with E-state index >= 15 is 0 Å². The van der Waals surface area contributed by atoms with E-state index in [0.717, 1.165) is 23.7 Å². The quantitative estimate of drug-likeness (QED) is 0.676. The molecule has 0 aromatic heterocycles. The lowest BCUT2D eigenvalue weighted by atomic mass is 9.67. The van der Waals surface area contributed by atoms with Crippen LogP contribution in [0.3, 0.4) is 0 Å². The van der Waals surface area contributed by atoms with Gasteiger partial charge in [0.15, 0.2) is 0 Å². The average Bonchev–Trinajstić information content (AvgIpc) is 2.36. The highest BCUT2D eigenvalue weighted by atomic mass is 14.4. The Morgan fingerprint density at radius 3 is 1.79 bits per heavy atom. The van der Waals surface area contributed by atoms with E-state index in [2.05, 4.69) is 59.7 Å². The number of hydrogen-bond donors (Lipinski definition) is 0. The van der Waals surface area contributed by atoms with E-state index in [9.17, 15) is 0 Å². The molecule has 0 nitrogen and oxygen atoms in total. The van der Waals surface area contributed by atoms with Gasteiger partial charge in [0.1, 0.15) is 0 Å². The Kier molecular flexibility index (Phi) is 4.38. The lowest BCUT2D eigenvalue weighted by Crippen LogP contribution is -2.32. The van der Waals surface area contributed by atoms with Crippen LogP contribution in [-0.4, -0.2) is 0 Å². The number of benzene rings is 1. The van der Waals surface area contributed by atoms with Gasteiger partial charge in [-0.05, 0) is 59.1 Å². The van der Waals surface area contributed by atoms with Crippen molar-refractivity contribution in [2.75, 3.05) is 0 Å². The average molecular weight is 258 g/mol. The first-order valence-corrected chi connectivity index (χ1v) is 8.01. The van der Waals surface area contributed by atoms with Crippen LogP contribution < -0.4 is 0 Å². The summed E-state index contributed by atoms with van der Waals surface area (Å²) < 4.78 is 0. The van der Waals surface area contributed by atoms with E-state index in [1.54, 1.807) is 11.1 Å². The molecule has 2 unspecified atom stereocenters. The van der Waals surface area contributed by atoms with Crippen LogP contribution in [0.2, 0.25) is 0 Å². The van der Waals surface area contributed by atoms with Crippen molar-refractivity contribution in [1.29, 1.82) is 0 Å². The molecule has 1 aliphatic rings. The highest BCUT2D eigenvalue weighted by Crippen LogP contribution is 2.39. The predicted octanol–water partition coefficient (Wildman–Crippen LogP) is 5.45. The van der Waals surface area contributed by atoms with Crippen molar-refractivity contribution in [3.8, 4) is 0 Å². The molecule has 1 aromatic rings. The second-order valence-corrected chi connectivity index (χ2v) is 7.41. The molecule has 0 bridgehead atoms. The third kappa shape index (κ3) is 3.04. The maximum absolute atomic E-state index is 2.48.